The average molecular weight is 295 g/mol. The van der Waals surface area contributed by atoms with Crippen molar-refractivity contribution in [3.63, 3.8) is 0 Å². The molecule has 116 valence electrons. The first kappa shape index (κ1) is 15.1. The summed E-state index contributed by atoms with van der Waals surface area (Å²) in [5.74, 6) is 0.109. The van der Waals surface area contributed by atoms with E-state index < -0.39 is 0 Å². The lowest BCUT2D eigenvalue weighted by molar-refractivity contribution is 0.104. The minimum absolute atomic E-state index is 0.109. The third-order valence-corrected chi connectivity index (χ3v) is 4.74. The molecule has 2 aliphatic rings. The standard InChI is InChI=1S/C20H25NO/c1-16-8-10-18(11-9-16)20(22)13-12-17-6-5-7-19(17)21-14-3-2-4-15-21/h8-13H,2-7,14-15H2,1H3/b13-12-. The molecule has 1 aliphatic carbocycles. The highest BCUT2D eigenvalue weighted by Crippen LogP contribution is 2.31. The molecule has 2 nitrogen and oxygen atoms in total. The molecule has 0 bridgehead atoms. The SMILES string of the molecule is Cc1ccc(C(=O)/C=C\C2=C(N3CCCCC3)CCC2)cc1. The Kier molecular flexibility index (Phi) is 4.77. The molecule has 1 aliphatic heterocycles. The summed E-state index contributed by atoms with van der Waals surface area (Å²) in [4.78, 5) is 14.8. The maximum absolute atomic E-state index is 12.3. The summed E-state index contributed by atoms with van der Waals surface area (Å²) in [7, 11) is 0. The molecule has 0 aromatic heterocycles. The van der Waals surface area contributed by atoms with Crippen LogP contribution in [0.2, 0.25) is 0 Å². The Hall–Kier alpha value is -1.83. The summed E-state index contributed by atoms with van der Waals surface area (Å²) in [6.07, 6.45) is 11.3. The fraction of sp³-hybridized carbons (Fsp3) is 0.450. The number of rotatable bonds is 4. The van der Waals surface area contributed by atoms with Gasteiger partial charge in [0.1, 0.15) is 0 Å². The Morgan fingerprint density at radius 3 is 2.45 bits per heavy atom. The van der Waals surface area contributed by atoms with Crippen LogP contribution in [0.25, 0.3) is 0 Å². The molecule has 2 heteroatoms. The summed E-state index contributed by atoms with van der Waals surface area (Å²) < 4.78 is 0. The highest BCUT2D eigenvalue weighted by molar-refractivity contribution is 6.04. The maximum Gasteiger partial charge on any atom is 0.185 e. The van der Waals surface area contributed by atoms with E-state index >= 15 is 0 Å². The van der Waals surface area contributed by atoms with Gasteiger partial charge in [-0.25, -0.2) is 0 Å². The first-order valence-corrected chi connectivity index (χ1v) is 8.50. The Labute approximate surface area is 133 Å². The molecule has 1 aromatic rings. The van der Waals surface area contributed by atoms with Gasteiger partial charge in [-0.2, -0.15) is 0 Å². The lowest BCUT2D eigenvalue weighted by atomic mass is 10.1. The predicted molar refractivity (Wildman–Crippen MR) is 91.0 cm³/mol. The first-order chi connectivity index (χ1) is 10.7. The van der Waals surface area contributed by atoms with Crippen molar-refractivity contribution in [2.24, 2.45) is 0 Å². The van der Waals surface area contributed by atoms with Gasteiger partial charge in [-0.05, 0) is 57.1 Å². The average Bonchev–Trinajstić information content (AvgIpc) is 3.02. The summed E-state index contributed by atoms with van der Waals surface area (Å²) in [6.45, 7) is 4.43. The van der Waals surface area contributed by atoms with Gasteiger partial charge >= 0.3 is 0 Å². The third kappa shape index (κ3) is 3.49. The molecule has 0 saturated carbocycles. The molecule has 0 radical (unpaired) electrons. The van der Waals surface area contributed by atoms with Crippen LogP contribution in [0.4, 0.5) is 0 Å². The van der Waals surface area contributed by atoms with Crippen LogP contribution in [0.5, 0.6) is 0 Å². The van der Waals surface area contributed by atoms with Gasteiger partial charge in [0.15, 0.2) is 5.78 Å². The lowest BCUT2D eigenvalue weighted by Gasteiger charge is -2.30. The number of carbonyl (C=O) groups excluding carboxylic acids is 1. The molecule has 0 atom stereocenters. The van der Waals surface area contributed by atoms with Crippen molar-refractivity contribution in [1.82, 2.24) is 4.90 Å². The van der Waals surface area contributed by atoms with E-state index in [0.717, 1.165) is 12.0 Å². The number of carbonyl (C=O) groups is 1. The number of hydrogen-bond donors (Lipinski definition) is 0. The lowest BCUT2D eigenvalue weighted by Crippen LogP contribution is -2.28. The Morgan fingerprint density at radius 2 is 1.73 bits per heavy atom. The normalized spacial score (nSPS) is 19.2. The van der Waals surface area contributed by atoms with Gasteiger partial charge in [0.05, 0.1) is 0 Å². The minimum atomic E-state index is 0.109. The zero-order valence-corrected chi connectivity index (χ0v) is 13.5. The van der Waals surface area contributed by atoms with E-state index in [0.29, 0.717) is 0 Å². The quantitative estimate of drug-likeness (QED) is 0.595. The van der Waals surface area contributed by atoms with E-state index in [-0.39, 0.29) is 5.78 Å². The van der Waals surface area contributed by atoms with E-state index in [4.69, 9.17) is 0 Å². The molecule has 0 amide bonds. The number of ketones is 1. The fourth-order valence-corrected chi connectivity index (χ4v) is 3.45. The zero-order valence-electron chi connectivity index (χ0n) is 13.5. The van der Waals surface area contributed by atoms with E-state index in [1.807, 2.05) is 31.2 Å². The largest absolute Gasteiger partial charge is 0.375 e. The van der Waals surface area contributed by atoms with Crippen molar-refractivity contribution in [2.45, 2.75) is 45.4 Å². The monoisotopic (exact) mass is 295 g/mol. The Morgan fingerprint density at radius 1 is 1.00 bits per heavy atom. The van der Waals surface area contributed by atoms with Crippen LogP contribution in [-0.2, 0) is 0 Å². The van der Waals surface area contributed by atoms with Crippen molar-refractivity contribution in [3.05, 3.63) is 58.8 Å². The van der Waals surface area contributed by atoms with Gasteiger partial charge in [0, 0.05) is 24.4 Å². The van der Waals surface area contributed by atoms with Crippen LogP contribution in [0, 0.1) is 6.92 Å². The van der Waals surface area contributed by atoms with E-state index in [1.54, 1.807) is 6.08 Å². The molecule has 1 fully saturated rings. The third-order valence-electron chi connectivity index (χ3n) is 4.74. The van der Waals surface area contributed by atoms with E-state index in [1.165, 1.54) is 62.0 Å². The van der Waals surface area contributed by atoms with Gasteiger partial charge in [0.2, 0.25) is 0 Å². The Balaban J connectivity index is 1.72. The fourth-order valence-electron chi connectivity index (χ4n) is 3.45. The molecular formula is C20H25NO. The number of piperidine rings is 1. The van der Waals surface area contributed by atoms with Gasteiger partial charge in [-0.3, -0.25) is 4.79 Å². The second-order valence-electron chi connectivity index (χ2n) is 6.44. The number of hydrogen-bond acceptors (Lipinski definition) is 2. The molecule has 1 saturated heterocycles. The van der Waals surface area contributed by atoms with Crippen LogP contribution < -0.4 is 0 Å². The summed E-state index contributed by atoms with van der Waals surface area (Å²) in [5, 5.41) is 0. The molecule has 0 spiro atoms. The number of likely N-dealkylation sites (tertiary alicyclic amines) is 1. The number of aryl methyl sites for hydroxylation is 1. The second kappa shape index (κ2) is 6.95. The first-order valence-electron chi connectivity index (χ1n) is 8.50. The zero-order chi connectivity index (χ0) is 15.4. The van der Waals surface area contributed by atoms with Crippen LogP contribution in [0.1, 0.15) is 54.4 Å². The second-order valence-corrected chi connectivity index (χ2v) is 6.44. The van der Waals surface area contributed by atoms with Crippen molar-refractivity contribution < 1.29 is 4.79 Å². The van der Waals surface area contributed by atoms with E-state index in [9.17, 15) is 4.79 Å². The van der Waals surface area contributed by atoms with Crippen LogP contribution >= 0.6 is 0 Å². The van der Waals surface area contributed by atoms with Gasteiger partial charge in [-0.1, -0.05) is 35.9 Å². The molecule has 0 N–H and O–H groups in total. The summed E-state index contributed by atoms with van der Waals surface area (Å²) in [6, 6.07) is 7.82. The van der Waals surface area contributed by atoms with Gasteiger partial charge < -0.3 is 4.90 Å². The molecule has 3 rings (SSSR count). The maximum atomic E-state index is 12.3. The highest BCUT2D eigenvalue weighted by atomic mass is 16.1. The number of benzene rings is 1. The topological polar surface area (TPSA) is 20.3 Å². The summed E-state index contributed by atoms with van der Waals surface area (Å²) in [5.41, 5.74) is 4.83. The van der Waals surface area contributed by atoms with E-state index in [2.05, 4.69) is 11.0 Å². The van der Waals surface area contributed by atoms with Crippen LogP contribution in [0.15, 0.2) is 47.7 Å². The molecule has 1 aromatic carbocycles. The Bertz CT molecular complexity index is 589. The van der Waals surface area contributed by atoms with Gasteiger partial charge in [0.25, 0.3) is 0 Å². The van der Waals surface area contributed by atoms with Crippen LogP contribution in [-0.4, -0.2) is 23.8 Å². The molecule has 1 heterocycles. The molecular weight excluding hydrogens is 270 g/mol. The van der Waals surface area contributed by atoms with Crippen molar-refractivity contribution in [2.75, 3.05) is 13.1 Å². The molecule has 0 unspecified atom stereocenters. The van der Waals surface area contributed by atoms with Crippen molar-refractivity contribution >= 4 is 5.78 Å². The summed E-state index contributed by atoms with van der Waals surface area (Å²) >= 11 is 0. The van der Waals surface area contributed by atoms with Gasteiger partial charge in [-0.15, -0.1) is 0 Å². The minimum Gasteiger partial charge on any atom is -0.375 e. The smallest absolute Gasteiger partial charge is 0.185 e. The van der Waals surface area contributed by atoms with Crippen molar-refractivity contribution in [1.29, 1.82) is 0 Å². The van der Waals surface area contributed by atoms with Crippen molar-refractivity contribution in [3.8, 4) is 0 Å². The number of allylic oxidation sites excluding steroid dienone is 4. The number of nitrogens with zero attached hydrogens (tertiary/aromatic N) is 1. The highest BCUT2D eigenvalue weighted by Gasteiger charge is 2.20. The van der Waals surface area contributed by atoms with Crippen LogP contribution in [0.3, 0.4) is 0 Å². The predicted octanol–water partition coefficient (Wildman–Crippen LogP) is 4.66. The molecule has 22 heavy (non-hydrogen) atoms.